The van der Waals surface area contributed by atoms with E-state index in [1.807, 2.05) is 23.9 Å². The zero-order valence-electron chi connectivity index (χ0n) is 12.8. The van der Waals surface area contributed by atoms with Crippen LogP contribution in [-0.4, -0.2) is 33.8 Å². The SMILES string of the molecule is Cn1nc(C(=O)NCCNc2cccnc2)c2c1CCCC2. The zero-order valence-corrected chi connectivity index (χ0v) is 12.8. The molecule has 0 aromatic carbocycles. The van der Waals surface area contributed by atoms with Gasteiger partial charge in [0.25, 0.3) is 5.91 Å². The number of hydrogen-bond donors (Lipinski definition) is 2. The molecule has 6 nitrogen and oxygen atoms in total. The number of carbonyl (C=O) groups is 1. The van der Waals surface area contributed by atoms with Crippen LogP contribution in [0.3, 0.4) is 0 Å². The number of nitrogens with zero attached hydrogens (tertiary/aromatic N) is 3. The minimum atomic E-state index is -0.0771. The minimum absolute atomic E-state index is 0.0771. The molecular formula is C16H21N5O. The van der Waals surface area contributed by atoms with Crippen LogP contribution in [0.1, 0.15) is 34.6 Å². The second kappa shape index (κ2) is 6.60. The normalized spacial score (nSPS) is 13.5. The van der Waals surface area contributed by atoms with Crippen molar-refractivity contribution < 1.29 is 4.79 Å². The number of nitrogens with one attached hydrogen (secondary N) is 2. The van der Waals surface area contributed by atoms with E-state index >= 15 is 0 Å². The second-order valence-electron chi connectivity index (χ2n) is 5.53. The lowest BCUT2D eigenvalue weighted by Crippen LogP contribution is -2.30. The molecule has 0 saturated carbocycles. The molecule has 2 heterocycles. The number of rotatable bonds is 5. The second-order valence-corrected chi connectivity index (χ2v) is 5.53. The first-order valence-corrected chi connectivity index (χ1v) is 7.72. The van der Waals surface area contributed by atoms with Crippen molar-refractivity contribution in [2.75, 3.05) is 18.4 Å². The fourth-order valence-corrected chi connectivity index (χ4v) is 2.89. The van der Waals surface area contributed by atoms with Crippen molar-refractivity contribution in [2.24, 2.45) is 7.05 Å². The van der Waals surface area contributed by atoms with Crippen LogP contribution in [0.5, 0.6) is 0 Å². The summed E-state index contributed by atoms with van der Waals surface area (Å²) >= 11 is 0. The molecule has 0 aliphatic heterocycles. The molecule has 0 atom stereocenters. The number of hydrogen-bond acceptors (Lipinski definition) is 4. The molecule has 3 rings (SSSR count). The maximum absolute atomic E-state index is 12.3. The molecular weight excluding hydrogens is 278 g/mol. The summed E-state index contributed by atoms with van der Waals surface area (Å²) in [6.07, 6.45) is 7.80. The lowest BCUT2D eigenvalue weighted by Gasteiger charge is -2.12. The summed E-state index contributed by atoms with van der Waals surface area (Å²) in [6, 6.07) is 3.82. The van der Waals surface area contributed by atoms with Crippen LogP contribution in [0.25, 0.3) is 0 Å². The summed E-state index contributed by atoms with van der Waals surface area (Å²) in [5, 5.41) is 10.6. The van der Waals surface area contributed by atoms with Crippen LogP contribution in [-0.2, 0) is 19.9 Å². The van der Waals surface area contributed by atoms with E-state index < -0.39 is 0 Å². The van der Waals surface area contributed by atoms with Gasteiger partial charge < -0.3 is 10.6 Å². The summed E-state index contributed by atoms with van der Waals surface area (Å²) in [4.78, 5) is 16.3. The van der Waals surface area contributed by atoms with E-state index in [2.05, 4.69) is 20.7 Å². The number of carbonyl (C=O) groups excluding carboxylic acids is 1. The third kappa shape index (κ3) is 3.10. The number of amides is 1. The van der Waals surface area contributed by atoms with Gasteiger partial charge in [0.1, 0.15) is 0 Å². The molecule has 1 aliphatic carbocycles. The summed E-state index contributed by atoms with van der Waals surface area (Å²) in [5.74, 6) is -0.0771. The number of aryl methyl sites for hydroxylation is 1. The predicted octanol–water partition coefficient (Wildman–Crippen LogP) is 1.54. The van der Waals surface area contributed by atoms with Crippen molar-refractivity contribution in [3.63, 3.8) is 0 Å². The van der Waals surface area contributed by atoms with Gasteiger partial charge in [0.05, 0.1) is 5.69 Å². The largest absolute Gasteiger partial charge is 0.382 e. The quantitative estimate of drug-likeness (QED) is 0.822. The lowest BCUT2D eigenvalue weighted by molar-refractivity contribution is 0.0948. The Morgan fingerprint density at radius 3 is 3.00 bits per heavy atom. The third-order valence-electron chi connectivity index (χ3n) is 3.98. The number of fused-ring (bicyclic) bond motifs is 1. The van der Waals surface area contributed by atoms with Gasteiger partial charge >= 0.3 is 0 Å². The molecule has 0 unspecified atom stereocenters. The maximum Gasteiger partial charge on any atom is 0.272 e. The predicted molar refractivity (Wildman–Crippen MR) is 84.9 cm³/mol. The van der Waals surface area contributed by atoms with Gasteiger partial charge in [0.15, 0.2) is 5.69 Å². The Balaban J connectivity index is 1.54. The Morgan fingerprint density at radius 2 is 2.18 bits per heavy atom. The number of anilines is 1. The fraction of sp³-hybridized carbons (Fsp3) is 0.438. The summed E-state index contributed by atoms with van der Waals surface area (Å²) in [6.45, 7) is 1.21. The van der Waals surface area contributed by atoms with E-state index in [9.17, 15) is 4.79 Å². The van der Waals surface area contributed by atoms with Gasteiger partial charge in [-0.1, -0.05) is 0 Å². The fourth-order valence-electron chi connectivity index (χ4n) is 2.89. The molecule has 2 aromatic rings. The standard InChI is InChI=1S/C16H21N5O/c1-21-14-7-3-2-6-13(14)15(20-21)16(22)19-10-9-18-12-5-4-8-17-11-12/h4-5,8,11,18H,2-3,6-7,9-10H2,1H3,(H,19,22). The van der Waals surface area contributed by atoms with Crippen molar-refractivity contribution in [3.8, 4) is 0 Å². The van der Waals surface area contributed by atoms with Crippen molar-refractivity contribution in [3.05, 3.63) is 41.5 Å². The number of aromatic nitrogens is 3. The van der Waals surface area contributed by atoms with E-state index in [1.54, 1.807) is 12.4 Å². The van der Waals surface area contributed by atoms with Crippen molar-refractivity contribution in [1.82, 2.24) is 20.1 Å². The molecule has 0 spiro atoms. The van der Waals surface area contributed by atoms with Crippen LogP contribution in [0.4, 0.5) is 5.69 Å². The Bertz CT molecular complexity index is 650. The Kier molecular flexibility index (Phi) is 4.37. The lowest BCUT2D eigenvalue weighted by atomic mass is 9.95. The van der Waals surface area contributed by atoms with Gasteiger partial charge in [-0.3, -0.25) is 14.5 Å². The smallest absolute Gasteiger partial charge is 0.272 e. The summed E-state index contributed by atoms with van der Waals surface area (Å²) in [7, 11) is 1.92. The average Bonchev–Trinajstić information content (AvgIpc) is 2.90. The molecule has 2 N–H and O–H groups in total. The summed E-state index contributed by atoms with van der Waals surface area (Å²) < 4.78 is 1.86. The highest BCUT2D eigenvalue weighted by atomic mass is 16.1. The molecule has 0 bridgehead atoms. The van der Waals surface area contributed by atoms with Crippen LogP contribution < -0.4 is 10.6 Å². The molecule has 0 fully saturated rings. The monoisotopic (exact) mass is 299 g/mol. The van der Waals surface area contributed by atoms with Crippen LogP contribution in [0, 0.1) is 0 Å². The summed E-state index contributed by atoms with van der Waals surface area (Å²) in [5.41, 5.74) is 3.89. The molecule has 22 heavy (non-hydrogen) atoms. The van der Waals surface area contributed by atoms with Gasteiger partial charge in [-0.05, 0) is 37.8 Å². The van der Waals surface area contributed by atoms with E-state index in [0.717, 1.165) is 30.5 Å². The first kappa shape index (κ1) is 14.6. The van der Waals surface area contributed by atoms with E-state index in [4.69, 9.17) is 0 Å². The minimum Gasteiger partial charge on any atom is -0.382 e. The first-order valence-electron chi connectivity index (χ1n) is 7.72. The molecule has 0 saturated heterocycles. The maximum atomic E-state index is 12.3. The van der Waals surface area contributed by atoms with Gasteiger partial charge in [0, 0.05) is 43.8 Å². The van der Waals surface area contributed by atoms with E-state index in [-0.39, 0.29) is 5.91 Å². The van der Waals surface area contributed by atoms with Gasteiger partial charge in [0.2, 0.25) is 0 Å². The first-order chi connectivity index (χ1) is 10.8. The Morgan fingerprint density at radius 1 is 1.32 bits per heavy atom. The van der Waals surface area contributed by atoms with Gasteiger partial charge in [-0.25, -0.2) is 0 Å². The van der Waals surface area contributed by atoms with Crippen molar-refractivity contribution >= 4 is 11.6 Å². The molecule has 0 radical (unpaired) electrons. The molecule has 116 valence electrons. The molecule has 1 aliphatic rings. The van der Waals surface area contributed by atoms with E-state index in [1.165, 1.54) is 12.1 Å². The topological polar surface area (TPSA) is 71.8 Å². The van der Waals surface area contributed by atoms with Crippen LogP contribution in [0.15, 0.2) is 24.5 Å². The van der Waals surface area contributed by atoms with Gasteiger partial charge in [-0.2, -0.15) is 5.10 Å². The molecule has 6 heteroatoms. The highest BCUT2D eigenvalue weighted by molar-refractivity contribution is 5.94. The van der Waals surface area contributed by atoms with E-state index in [0.29, 0.717) is 18.8 Å². The third-order valence-corrected chi connectivity index (χ3v) is 3.98. The highest BCUT2D eigenvalue weighted by Gasteiger charge is 2.23. The average molecular weight is 299 g/mol. The zero-order chi connectivity index (χ0) is 15.4. The van der Waals surface area contributed by atoms with Gasteiger partial charge in [-0.15, -0.1) is 0 Å². The Labute approximate surface area is 129 Å². The highest BCUT2D eigenvalue weighted by Crippen LogP contribution is 2.23. The van der Waals surface area contributed by atoms with Crippen LogP contribution >= 0.6 is 0 Å². The Hall–Kier alpha value is -2.37. The van der Waals surface area contributed by atoms with Crippen LogP contribution in [0.2, 0.25) is 0 Å². The number of pyridine rings is 1. The van der Waals surface area contributed by atoms with Crippen molar-refractivity contribution in [1.29, 1.82) is 0 Å². The molecule has 2 aromatic heterocycles. The molecule has 1 amide bonds. The van der Waals surface area contributed by atoms with Crippen molar-refractivity contribution in [2.45, 2.75) is 25.7 Å².